The normalized spacial score (nSPS) is 10.9. The van der Waals surface area contributed by atoms with Crippen LogP contribution >= 0.6 is 11.3 Å². The van der Waals surface area contributed by atoms with Crippen LogP contribution in [-0.4, -0.2) is 34.2 Å². The highest BCUT2D eigenvalue weighted by Crippen LogP contribution is 2.29. The fourth-order valence-corrected chi connectivity index (χ4v) is 3.89. The lowest BCUT2D eigenvalue weighted by Crippen LogP contribution is -2.21. The van der Waals surface area contributed by atoms with Crippen molar-refractivity contribution in [2.45, 2.75) is 13.8 Å². The Morgan fingerprint density at radius 3 is 2.72 bits per heavy atom. The number of carbonyl (C=O) groups excluding carboxylic acids is 1. The molecule has 0 spiro atoms. The van der Waals surface area contributed by atoms with Gasteiger partial charge in [0.1, 0.15) is 0 Å². The highest BCUT2D eigenvalue weighted by atomic mass is 32.1. The smallest absolute Gasteiger partial charge is 0.264 e. The van der Waals surface area contributed by atoms with Crippen molar-refractivity contribution in [1.82, 2.24) is 14.6 Å². The zero-order chi connectivity index (χ0) is 20.4. The van der Waals surface area contributed by atoms with Crippen molar-refractivity contribution in [3.05, 3.63) is 59.0 Å². The maximum absolute atomic E-state index is 12.3. The summed E-state index contributed by atoms with van der Waals surface area (Å²) in [5.74, 6) is 0.971. The second-order valence-corrected chi connectivity index (χ2v) is 7.39. The standard InChI is InChI=1S/C21H20N4O3S/c1-13-8-9-15(14(2)10-13)16-12-29-21-23-20(24-25(16)21)22-19(26)11-28-18-7-5-4-6-17(18)27-3/h4-10,12H,11H2,1-3H3,(H,22,24,26). The summed E-state index contributed by atoms with van der Waals surface area (Å²) in [4.78, 5) is 17.4. The molecule has 4 aromatic rings. The summed E-state index contributed by atoms with van der Waals surface area (Å²) in [6.07, 6.45) is 0. The van der Waals surface area contributed by atoms with E-state index in [1.807, 2.05) is 17.5 Å². The Morgan fingerprint density at radius 1 is 1.17 bits per heavy atom. The summed E-state index contributed by atoms with van der Waals surface area (Å²) in [6, 6.07) is 13.4. The van der Waals surface area contributed by atoms with E-state index in [1.165, 1.54) is 16.9 Å². The van der Waals surface area contributed by atoms with E-state index in [0.29, 0.717) is 16.5 Å². The van der Waals surface area contributed by atoms with Crippen molar-refractivity contribution >= 4 is 28.2 Å². The van der Waals surface area contributed by atoms with Gasteiger partial charge in [-0.1, -0.05) is 35.9 Å². The second-order valence-electron chi connectivity index (χ2n) is 6.56. The van der Waals surface area contributed by atoms with Gasteiger partial charge in [-0.3, -0.25) is 10.1 Å². The first-order valence-electron chi connectivity index (χ1n) is 9.02. The molecule has 29 heavy (non-hydrogen) atoms. The van der Waals surface area contributed by atoms with Gasteiger partial charge in [-0.05, 0) is 31.5 Å². The number of amides is 1. The molecule has 0 aliphatic carbocycles. The monoisotopic (exact) mass is 408 g/mol. The predicted molar refractivity (Wildman–Crippen MR) is 113 cm³/mol. The average Bonchev–Trinajstić information content (AvgIpc) is 3.27. The fourth-order valence-electron chi connectivity index (χ4n) is 3.06. The number of benzene rings is 2. The first-order chi connectivity index (χ1) is 14.0. The maximum Gasteiger partial charge on any atom is 0.264 e. The third-order valence-electron chi connectivity index (χ3n) is 4.42. The lowest BCUT2D eigenvalue weighted by Gasteiger charge is -2.09. The summed E-state index contributed by atoms with van der Waals surface area (Å²) in [5.41, 5.74) is 4.40. The lowest BCUT2D eigenvalue weighted by atomic mass is 10.0. The molecular formula is C21H20N4O3S. The zero-order valence-electron chi connectivity index (χ0n) is 16.3. The topological polar surface area (TPSA) is 77.8 Å². The van der Waals surface area contributed by atoms with Crippen molar-refractivity contribution < 1.29 is 14.3 Å². The van der Waals surface area contributed by atoms with Crippen molar-refractivity contribution in [2.75, 3.05) is 19.0 Å². The first-order valence-corrected chi connectivity index (χ1v) is 9.90. The van der Waals surface area contributed by atoms with Gasteiger partial charge in [0, 0.05) is 10.9 Å². The third kappa shape index (κ3) is 3.93. The Morgan fingerprint density at radius 2 is 1.97 bits per heavy atom. The van der Waals surface area contributed by atoms with E-state index >= 15 is 0 Å². The molecule has 0 atom stereocenters. The minimum absolute atomic E-state index is 0.169. The maximum atomic E-state index is 12.3. The summed E-state index contributed by atoms with van der Waals surface area (Å²) in [5, 5.41) is 9.15. The molecule has 2 aromatic heterocycles. The molecule has 2 aromatic carbocycles. The van der Waals surface area contributed by atoms with Crippen LogP contribution in [0.5, 0.6) is 11.5 Å². The summed E-state index contributed by atoms with van der Waals surface area (Å²) >= 11 is 1.48. The van der Waals surface area contributed by atoms with Crippen molar-refractivity contribution in [1.29, 1.82) is 0 Å². The van der Waals surface area contributed by atoms with E-state index in [0.717, 1.165) is 16.8 Å². The Labute approximate surface area is 171 Å². The highest BCUT2D eigenvalue weighted by molar-refractivity contribution is 7.15. The van der Waals surface area contributed by atoms with Gasteiger partial charge in [0.05, 0.1) is 12.8 Å². The Balaban J connectivity index is 1.49. The molecule has 148 valence electrons. The van der Waals surface area contributed by atoms with Gasteiger partial charge in [0.15, 0.2) is 18.1 Å². The molecule has 4 rings (SSSR count). The van der Waals surface area contributed by atoms with Crippen molar-refractivity contribution in [2.24, 2.45) is 0 Å². The first kappa shape index (κ1) is 18.9. The van der Waals surface area contributed by atoms with Gasteiger partial charge in [-0.2, -0.15) is 4.98 Å². The summed E-state index contributed by atoms with van der Waals surface area (Å²) in [6.45, 7) is 3.97. The summed E-state index contributed by atoms with van der Waals surface area (Å²) < 4.78 is 12.5. The molecule has 0 aliphatic rings. The number of thiazole rings is 1. The van der Waals surface area contributed by atoms with Crippen LogP contribution in [0.1, 0.15) is 11.1 Å². The van der Waals surface area contributed by atoms with Crippen LogP contribution in [0.15, 0.2) is 47.8 Å². The highest BCUT2D eigenvalue weighted by Gasteiger charge is 2.15. The molecule has 7 nitrogen and oxygen atoms in total. The number of carbonyl (C=O) groups is 1. The number of ether oxygens (including phenoxy) is 2. The van der Waals surface area contributed by atoms with Crippen LogP contribution in [-0.2, 0) is 4.79 Å². The van der Waals surface area contributed by atoms with Gasteiger partial charge in [0.2, 0.25) is 4.96 Å². The van der Waals surface area contributed by atoms with Crippen molar-refractivity contribution in [3.63, 3.8) is 0 Å². The minimum Gasteiger partial charge on any atom is -0.493 e. The minimum atomic E-state index is -0.345. The number of rotatable bonds is 6. The van der Waals surface area contributed by atoms with Crippen LogP contribution < -0.4 is 14.8 Å². The molecule has 0 aliphatic heterocycles. The molecule has 0 saturated carbocycles. The number of para-hydroxylation sites is 2. The molecule has 0 saturated heterocycles. The number of aryl methyl sites for hydroxylation is 2. The summed E-state index contributed by atoms with van der Waals surface area (Å²) in [7, 11) is 1.55. The van der Waals surface area contributed by atoms with E-state index < -0.39 is 0 Å². The Hall–Kier alpha value is -3.39. The number of fused-ring (bicyclic) bond motifs is 1. The molecule has 2 heterocycles. The Kier molecular flexibility index (Phi) is 5.18. The number of hydrogen-bond donors (Lipinski definition) is 1. The predicted octanol–water partition coefficient (Wildman–Crippen LogP) is 4.10. The van der Waals surface area contributed by atoms with Crippen LogP contribution in [0.3, 0.4) is 0 Å². The quantitative estimate of drug-likeness (QED) is 0.520. The second kappa shape index (κ2) is 7.92. The van der Waals surface area contributed by atoms with Crippen LogP contribution in [0.25, 0.3) is 16.2 Å². The fraction of sp³-hybridized carbons (Fsp3) is 0.190. The van der Waals surface area contributed by atoms with Gasteiger partial charge in [-0.15, -0.1) is 16.4 Å². The lowest BCUT2D eigenvalue weighted by molar-refractivity contribution is -0.118. The molecule has 8 heteroatoms. The number of anilines is 1. The number of nitrogens with zero attached hydrogens (tertiary/aromatic N) is 3. The molecular weight excluding hydrogens is 388 g/mol. The Bertz CT molecular complexity index is 1180. The van der Waals surface area contributed by atoms with Crippen LogP contribution in [0, 0.1) is 13.8 Å². The number of aromatic nitrogens is 3. The molecule has 0 bridgehead atoms. The van der Waals surface area contributed by atoms with Gasteiger partial charge in [-0.25, -0.2) is 4.52 Å². The average molecular weight is 408 g/mol. The third-order valence-corrected chi connectivity index (χ3v) is 5.23. The van der Waals surface area contributed by atoms with E-state index in [4.69, 9.17) is 9.47 Å². The largest absolute Gasteiger partial charge is 0.493 e. The molecule has 1 N–H and O–H groups in total. The van der Waals surface area contributed by atoms with E-state index in [1.54, 1.807) is 23.8 Å². The molecule has 0 radical (unpaired) electrons. The molecule has 1 amide bonds. The van der Waals surface area contributed by atoms with E-state index in [2.05, 4.69) is 47.4 Å². The number of hydrogen-bond acceptors (Lipinski definition) is 6. The number of methoxy groups -OCH3 is 1. The SMILES string of the molecule is COc1ccccc1OCC(=O)Nc1nc2scc(-c3ccc(C)cc3C)n2n1. The molecule has 0 fully saturated rings. The molecule has 0 unspecified atom stereocenters. The van der Waals surface area contributed by atoms with Crippen LogP contribution in [0.2, 0.25) is 0 Å². The van der Waals surface area contributed by atoms with Gasteiger partial charge in [0.25, 0.3) is 11.9 Å². The van der Waals surface area contributed by atoms with Crippen molar-refractivity contribution in [3.8, 4) is 22.8 Å². The number of nitrogens with one attached hydrogen (secondary N) is 1. The zero-order valence-corrected chi connectivity index (χ0v) is 17.1. The van der Waals surface area contributed by atoms with Gasteiger partial charge >= 0.3 is 0 Å². The van der Waals surface area contributed by atoms with Gasteiger partial charge < -0.3 is 9.47 Å². The van der Waals surface area contributed by atoms with Crippen LogP contribution in [0.4, 0.5) is 5.95 Å². The van der Waals surface area contributed by atoms with E-state index in [9.17, 15) is 4.79 Å². The van der Waals surface area contributed by atoms with E-state index in [-0.39, 0.29) is 18.5 Å².